The van der Waals surface area contributed by atoms with Crippen LogP contribution in [0.2, 0.25) is 0 Å². The van der Waals surface area contributed by atoms with Crippen molar-refractivity contribution in [1.82, 2.24) is 5.01 Å². The Bertz CT molecular complexity index is 1320. The second-order valence-electron chi connectivity index (χ2n) is 6.69. The molecule has 2 aliphatic rings. The summed E-state index contributed by atoms with van der Waals surface area (Å²) in [6.45, 7) is -0.698. The van der Waals surface area contributed by atoms with Crippen molar-refractivity contribution in [3.63, 3.8) is 0 Å². The molecule has 0 radical (unpaired) electrons. The summed E-state index contributed by atoms with van der Waals surface area (Å²) in [6.07, 6.45) is 0.973. The summed E-state index contributed by atoms with van der Waals surface area (Å²) in [5.41, 5.74) is 0.177. The standard InChI is InChI=1S/C20H12N4O7S2/c25-14-6-5-11(24(30)31)7-10(14)8-21-23-19(29)17(33-20(23)32)16-12-3-1-2-4-13(12)22(18(16)28)9-15(26)27/h1-8,25H,9H2,(H,26,27)/p-2/b17-16+,21-8?. The maximum atomic E-state index is 13.0. The molecular formula is C20H10N4O7S2-2. The Morgan fingerprint density at radius 3 is 2.61 bits per heavy atom. The zero-order valence-electron chi connectivity index (χ0n) is 16.3. The number of thiocarbonyl (C=S) groups is 1. The van der Waals surface area contributed by atoms with Crippen LogP contribution < -0.4 is 15.1 Å². The zero-order valence-corrected chi connectivity index (χ0v) is 17.9. The number of carboxylic acids is 1. The fourth-order valence-electron chi connectivity index (χ4n) is 3.27. The molecular weight excluding hydrogens is 472 g/mol. The third-order valence-corrected chi connectivity index (χ3v) is 6.06. The average Bonchev–Trinajstić information content (AvgIpc) is 3.19. The highest BCUT2D eigenvalue weighted by atomic mass is 32.2. The first-order valence-electron chi connectivity index (χ1n) is 9.10. The van der Waals surface area contributed by atoms with Crippen molar-refractivity contribution in [2.75, 3.05) is 11.4 Å². The molecule has 33 heavy (non-hydrogen) atoms. The van der Waals surface area contributed by atoms with Crippen LogP contribution in [0.5, 0.6) is 5.75 Å². The number of carbonyl (C=O) groups is 3. The molecule has 0 atom stereocenters. The molecule has 4 rings (SSSR count). The summed E-state index contributed by atoms with van der Waals surface area (Å²) in [4.78, 5) is 48.3. The minimum atomic E-state index is -1.47. The first-order chi connectivity index (χ1) is 15.7. The van der Waals surface area contributed by atoms with Crippen LogP contribution in [0, 0.1) is 10.1 Å². The number of fused-ring (bicyclic) bond motifs is 1. The fourth-order valence-corrected chi connectivity index (χ4v) is 4.51. The number of hydrogen-bond acceptors (Lipinski definition) is 10. The number of amides is 2. The summed E-state index contributed by atoms with van der Waals surface area (Å²) in [5.74, 6) is -3.48. The van der Waals surface area contributed by atoms with Gasteiger partial charge in [0.2, 0.25) is 0 Å². The molecule has 0 aromatic heterocycles. The van der Waals surface area contributed by atoms with Crippen LogP contribution in [0.15, 0.2) is 52.5 Å². The molecule has 1 fully saturated rings. The van der Waals surface area contributed by atoms with Crippen molar-refractivity contribution in [1.29, 1.82) is 0 Å². The molecule has 2 aromatic carbocycles. The van der Waals surface area contributed by atoms with E-state index in [0.29, 0.717) is 11.3 Å². The third-order valence-electron chi connectivity index (χ3n) is 4.70. The van der Waals surface area contributed by atoms with Gasteiger partial charge in [-0.3, -0.25) is 19.7 Å². The second kappa shape index (κ2) is 8.44. The predicted octanol–water partition coefficient (Wildman–Crippen LogP) is 0.370. The topological polar surface area (TPSA) is 159 Å². The molecule has 166 valence electrons. The van der Waals surface area contributed by atoms with Crippen LogP contribution in [-0.4, -0.2) is 44.8 Å². The Hall–Kier alpha value is -4.10. The fraction of sp³-hybridized carbons (Fsp3) is 0.0500. The molecule has 0 aliphatic carbocycles. The summed E-state index contributed by atoms with van der Waals surface area (Å²) in [6, 6.07) is 9.42. The maximum absolute atomic E-state index is 13.0. The van der Waals surface area contributed by atoms with Crippen molar-refractivity contribution in [2.24, 2.45) is 5.10 Å². The number of carbonyl (C=O) groups excluding carboxylic acids is 3. The SMILES string of the molecule is O=C([O-])CN1C(=O)/C(=C2/SC(=S)N(N=Cc3cc([N+](=O)[O-])ccc3[O-])C2=O)c2ccccc21. The Kier molecular flexibility index (Phi) is 5.66. The number of nitro groups is 1. The van der Waals surface area contributed by atoms with Gasteiger partial charge in [0.25, 0.3) is 17.5 Å². The molecule has 2 aromatic rings. The van der Waals surface area contributed by atoms with E-state index in [2.05, 4.69) is 5.10 Å². The number of benzene rings is 2. The summed E-state index contributed by atoms with van der Waals surface area (Å²) < 4.78 is -0.0414. The van der Waals surface area contributed by atoms with Gasteiger partial charge in [-0.1, -0.05) is 41.8 Å². The monoisotopic (exact) mass is 482 g/mol. The van der Waals surface area contributed by atoms with E-state index in [-0.39, 0.29) is 26.0 Å². The number of rotatable bonds is 5. The van der Waals surface area contributed by atoms with Crippen molar-refractivity contribution in [2.45, 2.75) is 0 Å². The predicted molar refractivity (Wildman–Crippen MR) is 118 cm³/mol. The van der Waals surface area contributed by atoms with Gasteiger partial charge in [-0.05, 0) is 23.8 Å². The Morgan fingerprint density at radius 1 is 1.18 bits per heavy atom. The quantitative estimate of drug-likeness (QED) is 0.193. The number of anilines is 1. The van der Waals surface area contributed by atoms with E-state index >= 15 is 0 Å². The van der Waals surface area contributed by atoms with E-state index < -0.39 is 35.0 Å². The largest absolute Gasteiger partial charge is 0.872 e. The molecule has 2 amide bonds. The minimum Gasteiger partial charge on any atom is -0.872 e. The van der Waals surface area contributed by atoms with Crippen LogP contribution in [0.25, 0.3) is 5.57 Å². The molecule has 11 nitrogen and oxygen atoms in total. The smallest absolute Gasteiger partial charge is 0.287 e. The number of non-ortho nitro benzene ring substituents is 1. The number of carboxylic acid groups (broad SMARTS) is 1. The lowest BCUT2D eigenvalue weighted by atomic mass is 10.1. The first kappa shape index (κ1) is 22.1. The van der Waals surface area contributed by atoms with Gasteiger partial charge in [0.15, 0.2) is 4.32 Å². The normalized spacial score (nSPS) is 17.9. The molecule has 0 spiro atoms. The number of hydrogen-bond donors (Lipinski definition) is 0. The van der Waals surface area contributed by atoms with Gasteiger partial charge < -0.3 is 19.9 Å². The van der Waals surface area contributed by atoms with Crippen LogP contribution >= 0.6 is 24.0 Å². The van der Waals surface area contributed by atoms with E-state index in [9.17, 15) is 34.7 Å². The number of nitrogens with zero attached hydrogens (tertiary/aromatic N) is 4. The van der Waals surface area contributed by atoms with Gasteiger partial charge in [-0.25, -0.2) is 0 Å². The zero-order chi connectivity index (χ0) is 23.9. The van der Waals surface area contributed by atoms with E-state index in [1.54, 1.807) is 24.3 Å². The van der Waals surface area contributed by atoms with Crippen LogP contribution in [0.1, 0.15) is 11.1 Å². The highest BCUT2D eigenvalue weighted by molar-refractivity contribution is 8.26. The number of aliphatic carboxylic acids is 1. The minimum absolute atomic E-state index is 0.0261. The van der Waals surface area contributed by atoms with Gasteiger partial charge in [0, 0.05) is 17.7 Å². The molecule has 0 saturated carbocycles. The lowest BCUT2D eigenvalue weighted by Gasteiger charge is -2.17. The van der Waals surface area contributed by atoms with Crippen molar-refractivity contribution in [3.8, 4) is 5.75 Å². The summed E-state index contributed by atoms with van der Waals surface area (Å²) in [7, 11) is 0. The Balaban J connectivity index is 1.71. The van der Waals surface area contributed by atoms with Crippen LogP contribution in [0.3, 0.4) is 0 Å². The van der Waals surface area contributed by atoms with Gasteiger partial charge in [-0.15, -0.1) is 0 Å². The van der Waals surface area contributed by atoms with Crippen molar-refractivity contribution in [3.05, 3.63) is 68.6 Å². The molecule has 0 unspecified atom stereocenters. The lowest BCUT2D eigenvalue weighted by Crippen LogP contribution is -2.39. The third kappa shape index (κ3) is 3.94. The number of nitro benzene ring substituents is 1. The Labute approximate surface area is 194 Å². The average molecular weight is 482 g/mol. The molecule has 13 heteroatoms. The van der Waals surface area contributed by atoms with E-state index in [0.717, 1.165) is 46.1 Å². The highest BCUT2D eigenvalue weighted by Crippen LogP contribution is 2.44. The lowest BCUT2D eigenvalue weighted by molar-refractivity contribution is -0.385. The molecule has 0 N–H and O–H groups in total. The second-order valence-corrected chi connectivity index (χ2v) is 8.34. The molecule has 2 aliphatic heterocycles. The van der Waals surface area contributed by atoms with Crippen LogP contribution in [0.4, 0.5) is 11.4 Å². The van der Waals surface area contributed by atoms with Gasteiger partial charge in [0.1, 0.15) is 0 Å². The van der Waals surface area contributed by atoms with Crippen molar-refractivity contribution < 1.29 is 29.5 Å². The van der Waals surface area contributed by atoms with Crippen molar-refractivity contribution >= 4 is 69.2 Å². The highest BCUT2D eigenvalue weighted by Gasteiger charge is 2.42. The van der Waals surface area contributed by atoms with Gasteiger partial charge in [-0.2, -0.15) is 10.1 Å². The van der Waals surface area contributed by atoms with E-state index in [1.807, 2.05) is 0 Å². The maximum Gasteiger partial charge on any atom is 0.287 e. The van der Waals surface area contributed by atoms with Gasteiger partial charge in [0.05, 0.1) is 39.8 Å². The van der Waals surface area contributed by atoms with E-state index in [1.165, 1.54) is 0 Å². The number of thioether (sulfide) groups is 1. The van der Waals surface area contributed by atoms with E-state index in [4.69, 9.17) is 12.2 Å². The number of para-hydroxylation sites is 1. The summed E-state index contributed by atoms with van der Waals surface area (Å²) in [5, 5.41) is 38.7. The molecule has 0 bridgehead atoms. The van der Waals surface area contributed by atoms with Crippen LogP contribution in [-0.2, 0) is 14.4 Å². The molecule has 1 saturated heterocycles. The first-order valence-corrected chi connectivity index (χ1v) is 10.3. The van der Waals surface area contributed by atoms with Gasteiger partial charge >= 0.3 is 0 Å². The Morgan fingerprint density at radius 2 is 1.91 bits per heavy atom. The summed E-state index contributed by atoms with van der Waals surface area (Å²) >= 11 is 5.98. The number of hydrazone groups is 1. The molecule has 2 heterocycles.